The molecule has 1 aromatic heterocycles. The second-order valence-corrected chi connectivity index (χ2v) is 6.97. The number of aromatic hydroxyl groups is 1. The third-order valence-electron chi connectivity index (χ3n) is 4.05. The summed E-state index contributed by atoms with van der Waals surface area (Å²) >= 11 is 1.55. The molecule has 6 heteroatoms. The molecule has 1 N–H and O–H groups in total. The Morgan fingerprint density at radius 3 is 2.80 bits per heavy atom. The van der Waals surface area contributed by atoms with E-state index in [2.05, 4.69) is 11.8 Å². The number of phenolic OH excluding ortho intramolecular Hbond substituents is 1. The fourth-order valence-corrected chi connectivity index (χ4v) is 3.38. The Morgan fingerprint density at radius 1 is 1.32 bits per heavy atom. The average Bonchev–Trinajstić information content (AvgIpc) is 3.18. The molecule has 0 amide bonds. The van der Waals surface area contributed by atoms with E-state index < -0.39 is 0 Å². The zero-order chi connectivity index (χ0) is 17.1. The number of halogens is 1. The summed E-state index contributed by atoms with van der Waals surface area (Å²) in [7, 11) is 2.01. The van der Waals surface area contributed by atoms with Gasteiger partial charge in [-0.15, -0.1) is 23.7 Å². The molecule has 1 aliphatic rings. The van der Waals surface area contributed by atoms with Crippen molar-refractivity contribution in [2.45, 2.75) is 26.3 Å². The summed E-state index contributed by atoms with van der Waals surface area (Å²) in [5.41, 5.74) is 1.20. The fraction of sp³-hybridized carbons (Fsp3) is 0.316. The molecule has 0 radical (unpaired) electrons. The van der Waals surface area contributed by atoms with E-state index in [0.717, 1.165) is 24.3 Å². The van der Waals surface area contributed by atoms with Crippen molar-refractivity contribution in [2.24, 2.45) is 0 Å². The van der Waals surface area contributed by atoms with Crippen molar-refractivity contribution < 1.29 is 14.6 Å². The Bertz CT molecular complexity index is 771. The molecule has 0 atom stereocenters. The van der Waals surface area contributed by atoms with Crippen molar-refractivity contribution >= 4 is 35.6 Å². The van der Waals surface area contributed by atoms with Crippen LogP contribution in [-0.2, 0) is 6.54 Å². The van der Waals surface area contributed by atoms with E-state index in [9.17, 15) is 9.90 Å². The van der Waals surface area contributed by atoms with Gasteiger partial charge in [0.15, 0.2) is 5.76 Å². The number of hydrogen-bond acceptors (Lipinski definition) is 5. The first-order valence-electron chi connectivity index (χ1n) is 8.11. The SMILES string of the molecule is CCCCN(C)Cc1c(O)ccc2c1OC(=Cc1cccs1)C2=O.Cl. The minimum absolute atomic E-state index is 0. The van der Waals surface area contributed by atoms with Gasteiger partial charge in [0.25, 0.3) is 0 Å². The predicted molar refractivity (Wildman–Crippen MR) is 104 cm³/mol. The van der Waals surface area contributed by atoms with E-state index in [-0.39, 0.29) is 23.9 Å². The van der Waals surface area contributed by atoms with E-state index in [4.69, 9.17) is 4.74 Å². The normalized spacial score (nSPS) is 14.5. The maximum atomic E-state index is 12.6. The van der Waals surface area contributed by atoms with Crippen LogP contribution in [0.4, 0.5) is 0 Å². The van der Waals surface area contributed by atoms with Gasteiger partial charge in [-0.2, -0.15) is 0 Å². The first-order valence-corrected chi connectivity index (χ1v) is 8.99. The van der Waals surface area contributed by atoms with E-state index in [0.29, 0.717) is 29.2 Å². The Hall–Kier alpha value is -1.82. The summed E-state index contributed by atoms with van der Waals surface area (Å²) in [6.07, 6.45) is 3.97. The van der Waals surface area contributed by atoms with Crippen LogP contribution < -0.4 is 4.74 Å². The number of carbonyl (C=O) groups excluding carboxylic acids is 1. The number of benzene rings is 1. The van der Waals surface area contributed by atoms with Crippen molar-refractivity contribution in [2.75, 3.05) is 13.6 Å². The van der Waals surface area contributed by atoms with E-state index >= 15 is 0 Å². The highest BCUT2D eigenvalue weighted by atomic mass is 35.5. The van der Waals surface area contributed by atoms with Crippen LogP contribution in [-0.4, -0.2) is 29.4 Å². The van der Waals surface area contributed by atoms with Gasteiger partial charge in [-0.05, 0) is 43.6 Å². The Morgan fingerprint density at radius 2 is 2.12 bits per heavy atom. The van der Waals surface area contributed by atoms with E-state index in [1.54, 1.807) is 29.5 Å². The number of thiophene rings is 1. The second kappa shape index (κ2) is 8.52. The maximum Gasteiger partial charge on any atom is 0.232 e. The second-order valence-electron chi connectivity index (χ2n) is 5.99. The molecular formula is C19H22ClNO3S. The highest BCUT2D eigenvalue weighted by molar-refractivity contribution is 7.10. The standard InChI is InChI=1S/C19H21NO3S.ClH/c1-3-4-9-20(2)12-15-16(21)8-7-14-18(22)17(23-19(14)15)11-13-6-5-10-24-13;/h5-8,10-11,21H,3-4,9,12H2,1-2H3;1H. The Balaban J connectivity index is 0.00000225. The monoisotopic (exact) mass is 379 g/mol. The first-order chi connectivity index (χ1) is 11.6. The minimum atomic E-state index is -0.129. The third-order valence-corrected chi connectivity index (χ3v) is 4.87. The molecule has 0 fully saturated rings. The van der Waals surface area contributed by atoms with Crippen LogP contribution in [0.2, 0.25) is 0 Å². The number of rotatable bonds is 6. The van der Waals surface area contributed by atoms with Crippen LogP contribution >= 0.6 is 23.7 Å². The Labute approximate surface area is 158 Å². The number of ether oxygens (including phenoxy) is 1. The van der Waals surface area contributed by atoms with Gasteiger partial charge in [0.1, 0.15) is 11.5 Å². The molecule has 134 valence electrons. The zero-order valence-corrected chi connectivity index (χ0v) is 16.0. The molecule has 0 unspecified atom stereocenters. The van der Waals surface area contributed by atoms with Crippen molar-refractivity contribution in [1.82, 2.24) is 4.90 Å². The van der Waals surface area contributed by atoms with Gasteiger partial charge >= 0.3 is 0 Å². The quantitative estimate of drug-likeness (QED) is 0.737. The maximum absolute atomic E-state index is 12.6. The van der Waals surface area contributed by atoms with Gasteiger partial charge in [-0.3, -0.25) is 4.79 Å². The molecule has 1 aromatic carbocycles. The number of hydrogen-bond donors (Lipinski definition) is 1. The lowest BCUT2D eigenvalue weighted by Gasteiger charge is -2.18. The van der Waals surface area contributed by atoms with Gasteiger partial charge in [0, 0.05) is 17.5 Å². The number of fused-ring (bicyclic) bond motifs is 1. The summed E-state index contributed by atoms with van der Waals surface area (Å²) < 4.78 is 5.84. The lowest BCUT2D eigenvalue weighted by Crippen LogP contribution is -2.19. The smallest absolute Gasteiger partial charge is 0.232 e. The van der Waals surface area contributed by atoms with Gasteiger partial charge in [-0.25, -0.2) is 0 Å². The molecule has 0 saturated heterocycles. The lowest BCUT2D eigenvalue weighted by atomic mass is 10.0. The molecule has 3 rings (SSSR count). The predicted octanol–water partition coefficient (Wildman–Crippen LogP) is 4.72. The van der Waals surface area contributed by atoms with E-state index in [1.165, 1.54) is 0 Å². The summed E-state index contributed by atoms with van der Waals surface area (Å²) in [5, 5.41) is 12.2. The van der Waals surface area contributed by atoms with Crippen molar-refractivity contribution in [3.8, 4) is 11.5 Å². The fourth-order valence-electron chi connectivity index (χ4n) is 2.73. The van der Waals surface area contributed by atoms with Gasteiger partial charge in [0.2, 0.25) is 5.78 Å². The van der Waals surface area contributed by atoms with Crippen LogP contribution in [0, 0.1) is 0 Å². The van der Waals surface area contributed by atoms with Crippen molar-refractivity contribution in [1.29, 1.82) is 0 Å². The van der Waals surface area contributed by atoms with Gasteiger partial charge < -0.3 is 14.7 Å². The highest BCUT2D eigenvalue weighted by Crippen LogP contribution is 2.40. The number of ketones is 1. The molecule has 0 saturated carbocycles. The number of allylic oxidation sites excluding steroid dienone is 1. The van der Waals surface area contributed by atoms with Crippen LogP contribution in [0.15, 0.2) is 35.4 Å². The number of carbonyl (C=O) groups is 1. The number of Topliss-reactive ketones (excluding diaryl/α,β-unsaturated/α-hetero) is 1. The molecule has 0 spiro atoms. The molecule has 25 heavy (non-hydrogen) atoms. The van der Waals surface area contributed by atoms with Crippen LogP contribution in [0.3, 0.4) is 0 Å². The topological polar surface area (TPSA) is 49.8 Å². The summed E-state index contributed by atoms with van der Waals surface area (Å²) in [4.78, 5) is 15.7. The lowest BCUT2D eigenvalue weighted by molar-refractivity contribution is 0.101. The number of phenols is 1. The number of unbranched alkanes of at least 4 members (excludes halogenated alkanes) is 1. The minimum Gasteiger partial charge on any atom is -0.507 e. The molecule has 0 bridgehead atoms. The van der Waals surface area contributed by atoms with Crippen molar-refractivity contribution in [3.05, 3.63) is 51.4 Å². The molecule has 2 heterocycles. The molecule has 4 nitrogen and oxygen atoms in total. The zero-order valence-electron chi connectivity index (χ0n) is 14.3. The van der Waals surface area contributed by atoms with Gasteiger partial charge in [-0.1, -0.05) is 19.4 Å². The Kier molecular flexibility index (Phi) is 6.64. The number of nitrogens with zero attached hydrogens (tertiary/aromatic N) is 1. The third kappa shape index (κ3) is 4.24. The van der Waals surface area contributed by atoms with Crippen LogP contribution in [0.1, 0.15) is 40.6 Å². The van der Waals surface area contributed by atoms with Gasteiger partial charge in [0.05, 0.1) is 11.1 Å². The van der Waals surface area contributed by atoms with Crippen LogP contribution in [0.25, 0.3) is 6.08 Å². The average molecular weight is 380 g/mol. The molecule has 1 aliphatic heterocycles. The molecule has 0 aliphatic carbocycles. The van der Waals surface area contributed by atoms with E-state index in [1.807, 2.05) is 24.6 Å². The van der Waals surface area contributed by atoms with Crippen molar-refractivity contribution in [3.63, 3.8) is 0 Å². The molecular weight excluding hydrogens is 358 g/mol. The largest absolute Gasteiger partial charge is 0.507 e. The molecule has 2 aromatic rings. The first kappa shape index (κ1) is 19.5. The summed E-state index contributed by atoms with van der Waals surface area (Å²) in [6, 6.07) is 7.09. The summed E-state index contributed by atoms with van der Waals surface area (Å²) in [5.74, 6) is 0.847. The highest BCUT2D eigenvalue weighted by Gasteiger charge is 2.31. The van der Waals surface area contributed by atoms with Crippen LogP contribution in [0.5, 0.6) is 11.5 Å². The summed E-state index contributed by atoms with van der Waals surface area (Å²) in [6.45, 7) is 3.63.